The topological polar surface area (TPSA) is 20.2 Å². The van der Waals surface area contributed by atoms with Gasteiger partial charge in [-0.1, -0.05) is 32.0 Å². The van der Waals surface area contributed by atoms with Crippen LogP contribution >= 0.6 is 0 Å². The van der Waals surface area contributed by atoms with Crippen molar-refractivity contribution in [2.45, 2.75) is 45.6 Å². The van der Waals surface area contributed by atoms with E-state index >= 15 is 0 Å². The van der Waals surface area contributed by atoms with E-state index in [9.17, 15) is 0 Å². The van der Waals surface area contributed by atoms with Gasteiger partial charge in [0.05, 0.1) is 6.61 Å². The molecular formula is C14H20O. The first kappa shape index (κ1) is 10.7. The third kappa shape index (κ3) is 2.07. The van der Waals surface area contributed by atoms with E-state index in [1.165, 1.54) is 30.4 Å². The van der Waals surface area contributed by atoms with Crippen LogP contribution in [0.1, 0.15) is 49.3 Å². The van der Waals surface area contributed by atoms with Gasteiger partial charge in [0.1, 0.15) is 0 Å². The Hall–Kier alpha value is -0.820. The molecule has 0 saturated heterocycles. The van der Waals surface area contributed by atoms with E-state index in [0.29, 0.717) is 11.8 Å². The number of hydrogen-bond acceptors (Lipinski definition) is 1. The molecule has 1 aromatic rings. The molecule has 1 aliphatic rings. The normalized spacial score (nSPS) is 20.4. The predicted molar refractivity (Wildman–Crippen MR) is 62.9 cm³/mol. The molecule has 0 radical (unpaired) electrons. The lowest BCUT2D eigenvalue weighted by molar-refractivity contribution is 0.281. The van der Waals surface area contributed by atoms with Crippen LogP contribution in [0.4, 0.5) is 0 Å². The van der Waals surface area contributed by atoms with Crippen LogP contribution in [0.25, 0.3) is 0 Å². The van der Waals surface area contributed by atoms with Crippen molar-refractivity contribution >= 4 is 0 Å². The second kappa shape index (κ2) is 4.36. The molecule has 0 spiro atoms. The molecule has 0 saturated carbocycles. The molecule has 1 N–H and O–H groups in total. The Bertz CT molecular complexity index is 341. The Kier molecular flexibility index (Phi) is 3.11. The quantitative estimate of drug-likeness (QED) is 0.784. The molecule has 0 bridgehead atoms. The van der Waals surface area contributed by atoms with Crippen LogP contribution in [0, 0.1) is 5.92 Å². The van der Waals surface area contributed by atoms with Gasteiger partial charge in [0.15, 0.2) is 0 Å². The Morgan fingerprint density at radius 3 is 2.87 bits per heavy atom. The first-order chi connectivity index (χ1) is 7.22. The van der Waals surface area contributed by atoms with Crippen molar-refractivity contribution in [1.29, 1.82) is 0 Å². The summed E-state index contributed by atoms with van der Waals surface area (Å²) in [4.78, 5) is 0. The molecule has 0 aliphatic heterocycles. The van der Waals surface area contributed by atoms with Crippen molar-refractivity contribution in [2.24, 2.45) is 5.92 Å². The number of fused-ring (bicyclic) bond motifs is 1. The minimum atomic E-state index is 0.165. The average molecular weight is 204 g/mol. The molecule has 1 aliphatic carbocycles. The van der Waals surface area contributed by atoms with Crippen LogP contribution in [0.15, 0.2) is 18.2 Å². The molecule has 1 nitrogen and oxygen atoms in total. The van der Waals surface area contributed by atoms with Crippen LogP contribution in [0.5, 0.6) is 0 Å². The molecule has 0 amide bonds. The Balaban J connectivity index is 2.39. The molecule has 1 unspecified atom stereocenters. The SMILES string of the molecule is CC(C)C1CCCc2ccc(CO)cc21. The molecule has 0 heterocycles. The van der Waals surface area contributed by atoms with Gasteiger partial charge in [0.25, 0.3) is 0 Å². The number of aryl methyl sites for hydroxylation is 1. The van der Waals surface area contributed by atoms with E-state index in [-0.39, 0.29) is 6.61 Å². The largest absolute Gasteiger partial charge is 0.392 e. The highest BCUT2D eigenvalue weighted by Gasteiger charge is 2.22. The summed E-state index contributed by atoms with van der Waals surface area (Å²) in [5, 5.41) is 9.16. The van der Waals surface area contributed by atoms with Gasteiger partial charge < -0.3 is 5.11 Å². The van der Waals surface area contributed by atoms with E-state index in [4.69, 9.17) is 5.11 Å². The van der Waals surface area contributed by atoms with Crippen LogP contribution in [-0.2, 0) is 13.0 Å². The fraction of sp³-hybridized carbons (Fsp3) is 0.571. The molecule has 82 valence electrons. The summed E-state index contributed by atoms with van der Waals surface area (Å²) in [7, 11) is 0. The number of rotatable bonds is 2. The van der Waals surface area contributed by atoms with Gasteiger partial charge in [-0.25, -0.2) is 0 Å². The third-order valence-corrected chi connectivity index (χ3v) is 3.56. The summed E-state index contributed by atoms with van der Waals surface area (Å²) in [5.74, 6) is 1.40. The van der Waals surface area contributed by atoms with Crippen molar-refractivity contribution in [3.63, 3.8) is 0 Å². The van der Waals surface area contributed by atoms with E-state index in [2.05, 4.69) is 32.0 Å². The molecule has 1 atom stereocenters. The summed E-state index contributed by atoms with van der Waals surface area (Å²) >= 11 is 0. The standard InChI is InChI=1S/C14H20O/c1-10(2)13-5-3-4-12-7-6-11(9-15)8-14(12)13/h6-8,10,13,15H,3-5,9H2,1-2H3. The first-order valence-corrected chi connectivity index (χ1v) is 5.95. The third-order valence-electron chi connectivity index (χ3n) is 3.56. The van der Waals surface area contributed by atoms with Gasteiger partial charge in [-0.05, 0) is 47.8 Å². The van der Waals surface area contributed by atoms with Crippen LogP contribution in [0.2, 0.25) is 0 Å². The minimum Gasteiger partial charge on any atom is -0.392 e. The lowest BCUT2D eigenvalue weighted by Gasteiger charge is -2.29. The van der Waals surface area contributed by atoms with E-state index in [1.54, 1.807) is 0 Å². The molecule has 1 heteroatoms. The number of aliphatic hydroxyl groups is 1. The Labute approximate surface area is 92.1 Å². The van der Waals surface area contributed by atoms with Crippen LogP contribution in [-0.4, -0.2) is 5.11 Å². The lowest BCUT2D eigenvalue weighted by Crippen LogP contribution is -2.15. The smallest absolute Gasteiger partial charge is 0.0681 e. The second-order valence-corrected chi connectivity index (χ2v) is 4.93. The summed E-state index contributed by atoms with van der Waals surface area (Å²) in [6.07, 6.45) is 3.83. The van der Waals surface area contributed by atoms with E-state index in [0.717, 1.165) is 5.56 Å². The lowest BCUT2D eigenvalue weighted by atomic mass is 9.76. The number of aliphatic hydroxyl groups excluding tert-OH is 1. The summed E-state index contributed by atoms with van der Waals surface area (Å²) in [6, 6.07) is 6.47. The second-order valence-electron chi connectivity index (χ2n) is 4.93. The monoisotopic (exact) mass is 204 g/mol. The van der Waals surface area contributed by atoms with Gasteiger partial charge in [0.2, 0.25) is 0 Å². The van der Waals surface area contributed by atoms with Gasteiger partial charge >= 0.3 is 0 Å². The number of benzene rings is 1. The molecule has 2 rings (SSSR count). The van der Waals surface area contributed by atoms with Crippen molar-refractivity contribution in [3.05, 3.63) is 34.9 Å². The van der Waals surface area contributed by atoms with Crippen LogP contribution < -0.4 is 0 Å². The maximum atomic E-state index is 9.16. The zero-order valence-corrected chi connectivity index (χ0v) is 9.66. The minimum absolute atomic E-state index is 0.165. The zero-order valence-electron chi connectivity index (χ0n) is 9.66. The number of hydrogen-bond donors (Lipinski definition) is 1. The summed E-state index contributed by atoms with van der Waals surface area (Å²) < 4.78 is 0. The van der Waals surface area contributed by atoms with Crippen molar-refractivity contribution in [2.75, 3.05) is 0 Å². The fourth-order valence-electron chi connectivity index (χ4n) is 2.68. The van der Waals surface area contributed by atoms with E-state index in [1.807, 2.05) is 0 Å². The molecular weight excluding hydrogens is 184 g/mol. The highest BCUT2D eigenvalue weighted by atomic mass is 16.3. The van der Waals surface area contributed by atoms with Gasteiger partial charge in [-0.15, -0.1) is 0 Å². The molecule has 1 aromatic carbocycles. The van der Waals surface area contributed by atoms with Crippen LogP contribution in [0.3, 0.4) is 0 Å². The summed E-state index contributed by atoms with van der Waals surface area (Å²) in [5.41, 5.74) is 4.04. The van der Waals surface area contributed by atoms with Crippen molar-refractivity contribution < 1.29 is 5.11 Å². The Morgan fingerprint density at radius 1 is 1.40 bits per heavy atom. The highest BCUT2D eigenvalue weighted by molar-refractivity contribution is 5.36. The molecule has 0 fully saturated rings. The van der Waals surface area contributed by atoms with Crippen molar-refractivity contribution in [1.82, 2.24) is 0 Å². The zero-order chi connectivity index (χ0) is 10.8. The van der Waals surface area contributed by atoms with E-state index < -0.39 is 0 Å². The maximum absolute atomic E-state index is 9.16. The average Bonchev–Trinajstić information content (AvgIpc) is 2.27. The molecule has 15 heavy (non-hydrogen) atoms. The fourth-order valence-corrected chi connectivity index (χ4v) is 2.68. The predicted octanol–water partition coefficient (Wildman–Crippen LogP) is 3.25. The van der Waals surface area contributed by atoms with Gasteiger partial charge in [-0.3, -0.25) is 0 Å². The van der Waals surface area contributed by atoms with Crippen molar-refractivity contribution in [3.8, 4) is 0 Å². The Morgan fingerprint density at radius 2 is 2.20 bits per heavy atom. The van der Waals surface area contributed by atoms with Gasteiger partial charge in [-0.2, -0.15) is 0 Å². The first-order valence-electron chi connectivity index (χ1n) is 5.95. The highest BCUT2D eigenvalue weighted by Crippen LogP contribution is 2.37. The molecule has 0 aromatic heterocycles. The van der Waals surface area contributed by atoms with Gasteiger partial charge in [0, 0.05) is 0 Å². The summed E-state index contributed by atoms with van der Waals surface area (Å²) in [6.45, 7) is 4.76. The maximum Gasteiger partial charge on any atom is 0.0681 e.